The zero-order chi connectivity index (χ0) is 29.7. The second-order valence-electron chi connectivity index (χ2n) is 10.2. The molecule has 0 aromatic heterocycles. The maximum Gasteiger partial charge on any atom is 0.323 e. The van der Waals surface area contributed by atoms with E-state index in [1.807, 2.05) is 66.7 Å². The van der Waals surface area contributed by atoms with Crippen LogP contribution in [0.3, 0.4) is 0 Å². The van der Waals surface area contributed by atoms with E-state index in [4.69, 9.17) is 19.4 Å². The van der Waals surface area contributed by atoms with Crippen LogP contribution in [0.25, 0.3) is 11.1 Å². The number of hydrogen-bond acceptors (Lipinski definition) is 8. The molecule has 1 aliphatic rings. The first-order valence-electron chi connectivity index (χ1n) is 13.5. The van der Waals surface area contributed by atoms with Gasteiger partial charge in [-0.2, -0.15) is 8.42 Å². The quantitative estimate of drug-likeness (QED) is 0.194. The summed E-state index contributed by atoms with van der Waals surface area (Å²) in [5, 5.41) is 0. The highest BCUT2D eigenvalue weighted by molar-refractivity contribution is 7.86. The van der Waals surface area contributed by atoms with Gasteiger partial charge in [0.2, 0.25) is 0 Å². The number of nitrogens with two attached hydrogens (primary N) is 1. The number of benzene rings is 4. The summed E-state index contributed by atoms with van der Waals surface area (Å²) in [5.74, 6) is -2.04. The van der Waals surface area contributed by atoms with Crippen LogP contribution in [0.15, 0.2) is 103 Å². The lowest BCUT2D eigenvalue weighted by molar-refractivity contribution is -0.148. The summed E-state index contributed by atoms with van der Waals surface area (Å²) >= 11 is 0. The minimum Gasteiger partial charge on any atom is -0.464 e. The van der Waals surface area contributed by atoms with E-state index in [2.05, 4.69) is 12.1 Å². The predicted octanol–water partition coefficient (Wildman–Crippen LogP) is 4.93. The molecule has 42 heavy (non-hydrogen) atoms. The first-order valence-corrected chi connectivity index (χ1v) is 15.3. The summed E-state index contributed by atoms with van der Waals surface area (Å²) in [6.07, 6.45) is 0.754. The van der Waals surface area contributed by atoms with E-state index in [1.165, 1.54) is 12.1 Å². The summed E-state index contributed by atoms with van der Waals surface area (Å²) < 4.78 is 39.2. The summed E-state index contributed by atoms with van der Waals surface area (Å²) in [6.45, 7) is 0.167. The lowest BCUT2D eigenvalue weighted by Crippen LogP contribution is -2.39. The third kappa shape index (κ3) is 6.87. The summed E-state index contributed by atoms with van der Waals surface area (Å²) in [4.78, 5) is 26.2. The molecule has 4 aromatic carbocycles. The van der Waals surface area contributed by atoms with Gasteiger partial charge in [-0.05, 0) is 45.5 Å². The first-order chi connectivity index (χ1) is 20.2. The lowest BCUT2D eigenvalue weighted by atomic mass is 9.88. The second-order valence-corrected chi connectivity index (χ2v) is 11.8. The highest BCUT2D eigenvalue weighted by Crippen LogP contribution is 2.44. The number of fused-ring (bicyclic) bond motifs is 3. The van der Waals surface area contributed by atoms with Crippen molar-refractivity contribution in [3.05, 3.63) is 125 Å². The van der Waals surface area contributed by atoms with E-state index >= 15 is 0 Å². The molecule has 4 aromatic rings. The fraction of sp³-hybridized carbons (Fsp3) is 0.212. The third-order valence-corrected chi connectivity index (χ3v) is 7.74. The Balaban J connectivity index is 1.32. The van der Waals surface area contributed by atoms with Gasteiger partial charge in [-0.1, -0.05) is 91.0 Å². The maximum atomic E-state index is 13.4. The summed E-state index contributed by atoms with van der Waals surface area (Å²) in [6, 6.07) is 30.1. The SMILES string of the molecule is CS(=O)(=O)Oc1ccc(C(CC(=O)OCc2ccccc2)C(N)C(=O)OCC2c3ccccc3-c3ccccc32)cc1. The molecule has 8 nitrogen and oxygen atoms in total. The minimum atomic E-state index is -3.72. The van der Waals surface area contributed by atoms with Crippen LogP contribution in [0.2, 0.25) is 0 Å². The average molecular weight is 586 g/mol. The Hall–Kier alpha value is -4.47. The van der Waals surface area contributed by atoms with Crippen LogP contribution in [-0.4, -0.2) is 39.3 Å². The fourth-order valence-corrected chi connectivity index (χ4v) is 5.70. The van der Waals surface area contributed by atoms with Crippen LogP contribution in [-0.2, 0) is 35.8 Å². The van der Waals surface area contributed by atoms with Gasteiger partial charge in [0.1, 0.15) is 25.0 Å². The molecular formula is C33H31NO7S. The van der Waals surface area contributed by atoms with Crippen LogP contribution in [0.5, 0.6) is 5.75 Å². The smallest absolute Gasteiger partial charge is 0.323 e. The number of carbonyl (C=O) groups is 2. The van der Waals surface area contributed by atoms with E-state index in [-0.39, 0.29) is 31.3 Å². The van der Waals surface area contributed by atoms with Crippen molar-refractivity contribution < 1.29 is 31.7 Å². The van der Waals surface area contributed by atoms with Gasteiger partial charge in [-0.15, -0.1) is 0 Å². The van der Waals surface area contributed by atoms with E-state index in [0.717, 1.165) is 34.1 Å². The molecule has 2 unspecified atom stereocenters. The van der Waals surface area contributed by atoms with E-state index in [9.17, 15) is 18.0 Å². The van der Waals surface area contributed by atoms with Gasteiger partial charge in [-0.25, -0.2) is 0 Å². The highest BCUT2D eigenvalue weighted by atomic mass is 32.2. The molecule has 2 atom stereocenters. The van der Waals surface area contributed by atoms with Crippen molar-refractivity contribution in [3.8, 4) is 16.9 Å². The Kier molecular flexibility index (Phi) is 8.70. The molecule has 0 heterocycles. The first kappa shape index (κ1) is 29.0. The molecule has 0 aliphatic heterocycles. The van der Waals surface area contributed by atoms with Gasteiger partial charge in [0.25, 0.3) is 0 Å². The number of ether oxygens (including phenoxy) is 2. The zero-order valence-electron chi connectivity index (χ0n) is 23.0. The Morgan fingerprint density at radius 3 is 1.95 bits per heavy atom. The van der Waals surface area contributed by atoms with Crippen LogP contribution in [0, 0.1) is 0 Å². The Labute approximate surface area is 245 Å². The molecule has 0 radical (unpaired) electrons. The molecule has 9 heteroatoms. The average Bonchev–Trinajstić information content (AvgIpc) is 3.31. The van der Waals surface area contributed by atoms with Crippen molar-refractivity contribution >= 4 is 22.1 Å². The Bertz CT molecular complexity index is 1620. The van der Waals surface area contributed by atoms with Gasteiger partial charge in [-0.3, -0.25) is 9.59 Å². The van der Waals surface area contributed by atoms with Crippen molar-refractivity contribution in [1.29, 1.82) is 0 Å². The van der Waals surface area contributed by atoms with E-state index in [0.29, 0.717) is 5.56 Å². The predicted molar refractivity (Wildman–Crippen MR) is 158 cm³/mol. The van der Waals surface area contributed by atoms with Gasteiger partial charge >= 0.3 is 22.1 Å². The maximum absolute atomic E-state index is 13.4. The lowest BCUT2D eigenvalue weighted by Gasteiger charge is -2.24. The van der Waals surface area contributed by atoms with Crippen LogP contribution in [0.4, 0.5) is 0 Å². The molecule has 0 amide bonds. The normalized spacial score (nSPS) is 13.9. The van der Waals surface area contributed by atoms with Gasteiger partial charge in [0.05, 0.1) is 12.7 Å². The molecule has 5 rings (SSSR count). The van der Waals surface area contributed by atoms with Crippen molar-refractivity contribution in [2.45, 2.75) is 30.9 Å². The molecule has 0 fully saturated rings. The van der Waals surface area contributed by atoms with Crippen molar-refractivity contribution in [3.63, 3.8) is 0 Å². The number of esters is 2. The van der Waals surface area contributed by atoms with Crippen molar-refractivity contribution in [1.82, 2.24) is 0 Å². The van der Waals surface area contributed by atoms with E-state index < -0.39 is 34.0 Å². The van der Waals surface area contributed by atoms with E-state index in [1.54, 1.807) is 12.1 Å². The molecule has 2 N–H and O–H groups in total. The van der Waals surface area contributed by atoms with Crippen LogP contribution in [0.1, 0.15) is 40.5 Å². The third-order valence-electron chi connectivity index (χ3n) is 7.25. The molecule has 1 aliphatic carbocycles. The number of carbonyl (C=O) groups excluding carboxylic acids is 2. The monoisotopic (exact) mass is 585 g/mol. The number of rotatable bonds is 11. The zero-order valence-corrected chi connectivity index (χ0v) is 23.8. The molecule has 0 saturated heterocycles. The Morgan fingerprint density at radius 2 is 1.36 bits per heavy atom. The summed E-state index contributed by atoms with van der Waals surface area (Å²) in [7, 11) is -3.72. The highest BCUT2D eigenvalue weighted by Gasteiger charge is 2.33. The van der Waals surface area contributed by atoms with Crippen LogP contribution < -0.4 is 9.92 Å². The topological polar surface area (TPSA) is 122 Å². The van der Waals surface area contributed by atoms with Crippen LogP contribution >= 0.6 is 0 Å². The second kappa shape index (κ2) is 12.6. The van der Waals surface area contributed by atoms with Crippen molar-refractivity contribution in [2.75, 3.05) is 12.9 Å². The summed E-state index contributed by atoms with van der Waals surface area (Å²) in [5.41, 5.74) is 12.2. The number of hydrogen-bond donors (Lipinski definition) is 1. The fourth-order valence-electron chi connectivity index (χ4n) is 5.24. The molecule has 0 saturated carbocycles. The molecule has 216 valence electrons. The molecule has 0 bridgehead atoms. The standard InChI is InChI=1S/C33H31NO7S/c1-42(37,38)41-24-17-15-23(16-18-24)29(19-31(35)39-20-22-9-3-2-4-10-22)32(34)33(36)40-21-30-27-13-7-5-11-25(27)26-12-6-8-14-28(26)30/h2-18,29-30,32H,19-21,34H2,1H3. The largest absolute Gasteiger partial charge is 0.464 e. The molecule has 0 spiro atoms. The van der Waals surface area contributed by atoms with Gasteiger partial charge in [0, 0.05) is 11.8 Å². The Morgan fingerprint density at radius 1 is 0.786 bits per heavy atom. The van der Waals surface area contributed by atoms with Gasteiger partial charge in [0.15, 0.2) is 0 Å². The van der Waals surface area contributed by atoms with Crippen molar-refractivity contribution in [2.24, 2.45) is 5.73 Å². The van der Waals surface area contributed by atoms with Gasteiger partial charge < -0.3 is 19.4 Å². The molecular weight excluding hydrogens is 554 g/mol. The minimum absolute atomic E-state index is 0.0771.